The molecule has 0 aliphatic heterocycles. The van der Waals surface area contributed by atoms with Gasteiger partial charge in [-0.15, -0.1) is 0 Å². The highest BCUT2D eigenvalue weighted by Gasteiger charge is 2.13. The lowest BCUT2D eigenvalue weighted by molar-refractivity contribution is -0.136. The second-order valence-electron chi connectivity index (χ2n) is 7.03. The maximum Gasteiger partial charge on any atom is 0.329 e. The molecule has 0 spiro atoms. The predicted molar refractivity (Wildman–Crippen MR) is 132 cm³/mol. The van der Waals surface area contributed by atoms with E-state index in [1.807, 2.05) is 0 Å². The molecule has 3 rings (SSSR count). The number of halogens is 3. The van der Waals surface area contributed by atoms with Crippen LogP contribution < -0.4 is 25.5 Å². The maximum absolute atomic E-state index is 13.9. The van der Waals surface area contributed by atoms with Gasteiger partial charge in [0.2, 0.25) is 0 Å². The zero-order valence-corrected chi connectivity index (χ0v) is 20.3. The number of rotatable bonds is 8. The summed E-state index contributed by atoms with van der Waals surface area (Å²) in [6.07, 6.45) is 1.26. The SMILES string of the molecule is COc1cc(/C=N\NC(=O)C(=O)Nc2ccc(F)cc2)ccc1OCC(=O)Nc1ccc(Br)cc1F. The van der Waals surface area contributed by atoms with E-state index in [1.165, 1.54) is 49.7 Å². The molecule has 0 heterocycles. The molecule has 0 aliphatic carbocycles. The summed E-state index contributed by atoms with van der Waals surface area (Å²) in [4.78, 5) is 35.9. The third kappa shape index (κ3) is 7.60. The Morgan fingerprint density at radius 2 is 1.69 bits per heavy atom. The molecule has 0 saturated carbocycles. The summed E-state index contributed by atoms with van der Waals surface area (Å²) in [6, 6.07) is 13.7. The standard InChI is InChI=1S/C24H19BrF2N4O5/c1-35-21-10-14(12-28-31-24(34)23(33)29-17-6-4-16(26)5-7-17)2-9-20(21)36-13-22(32)30-19-8-3-15(25)11-18(19)27/h2-12H,13H2,1H3,(H,29,33)(H,30,32)(H,31,34)/b28-12-. The minimum atomic E-state index is -1.03. The average Bonchev–Trinajstić information content (AvgIpc) is 2.86. The van der Waals surface area contributed by atoms with E-state index in [9.17, 15) is 23.2 Å². The van der Waals surface area contributed by atoms with Crippen LogP contribution in [0.4, 0.5) is 20.2 Å². The fraction of sp³-hybridized carbons (Fsp3) is 0.0833. The maximum atomic E-state index is 13.9. The summed E-state index contributed by atoms with van der Waals surface area (Å²) in [6.45, 7) is -0.404. The molecule has 9 nitrogen and oxygen atoms in total. The number of anilines is 2. The second kappa shape index (κ2) is 12.4. The van der Waals surface area contributed by atoms with Gasteiger partial charge in [-0.1, -0.05) is 15.9 Å². The molecule has 3 aromatic carbocycles. The summed E-state index contributed by atoms with van der Waals surface area (Å²) in [5.41, 5.74) is 2.82. The number of ether oxygens (including phenoxy) is 2. The van der Waals surface area contributed by atoms with Gasteiger partial charge >= 0.3 is 11.8 Å². The number of carbonyl (C=O) groups excluding carboxylic acids is 3. The molecule has 186 valence electrons. The minimum Gasteiger partial charge on any atom is -0.493 e. The van der Waals surface area contributed by atoms with Gasteiger partial charge in [-0.25, -0.2) is 14.2 Å². The summed E-state index contributed by atoms with van der Waals surface area (Å²) >= 11 is 3.14. The highest BCUT2D eigenvalue weighted by Crippen LogP contribution is 2.27. The van der Waals surface area contributed by atoms with Crippen molar-refractivity contribution in [2.75, 3.05) is 24.4 Å². The summed E-state index contributed by atoms with van der Waals surface area (Å²) < 4.78 is 38.0. The first kappa shape index (κ1) is 26.3. The first-order valence-corrected chi connectivity index (χ1v) is 11.0. The van der Waals surface area contributed by atoms with Crippen LogP contribution in [0.15, 0.2) is 70.2 Å². The molecular weight excluding hydrogens is 542 g/mol. The number of nitrogens with one attached hydrogen (secondary N) is 3. The van der Waals surface area contributed by atoms with Gasteiger partial charge in [-0.2, -0.15) is 5.10 Å². The van der Waals surface area contributed by atoms with Crippen molar-refractivity contribution in [1.29, 1.82) is 0 Å². The number of hydrogen-bond acceptors (Lipinski definition) is 6. The number of nitrogens with zero attached hydrogens (tertiary/aromatic N) is 1. The van der Waals surface area contributed by atoms with E-state index in [2.05, 4.69) is 37.1 Å². The number of carbonyl (C=O) groups is 3. The van der Waals surface area contributed by atoms with Gasteiger partial charge in [0.15, 0.2) is 18.1 Å². The summed E-state index contributed by atoms with van der Waals surface area (Å²) in [7, 11) is 1.39. The topological polar surface area (TPSA) is 118 Å². The van der Waals surface area contributed by atoms with Crippen molar-refractivity contribution in [3.63, 3.8) is 0 Å². The smallest absolute Gasteiger partial charge is 0.329 e. The Morgan fingerprint density at radius 1 is 0.944 bits per heavy atom. The molecule has 12 heteroatoms. The summed E-state index contributed by atoms with van der Waals surface area (Å²) in [5.74, 6) is -3.17. The lowest BCUT2D eigenvalue weighted by atomic mass is 10.2. The predicted octanol–water partition coefficient (Wildman–Crippen LogP) is 3.84. The molecule has 0 radical (unpaired) electrons. The van der Waals surface area contributed by atoms with Crippen molar-refractivity contribution in [3.05, 3.63) is 82.3 Å². The van der Waals surface area contributed by atoms with Crippen molar-refractivity contribution in [3.8, 4) is 11.5 Å². The molecule has 36 heavy (non-hydrogen) atoms. The summed E-state index contributed by atoms with van der Waals surface area (Å²) in [5, 5.41) is 8.43. The van der Waals surface area contributed by atoms with Crippen molar-refractivity contribution in [1.82, 2.24) is 5.43 Å². The van der Waals surface area contributed by atoms with Crippen molar-refractivity contribution in [2.45, 2.75) is 0 Å². The van der Waals surface area contributed by atoms with Crippen LogP contribution in [0.25, 0.3) is 0 Å². The largest absolute Gasteiger partial charge is 0.493 e. The second-order valence-corrected chi connectivity index (χ2v) is 7.95. The van der Waals surface area contributed by atoms with Crippen LogP contribution in [0.1, 0.15) is 5.56 Å². The van der Waals surface area contributed by atoms with E-state index in [1.54, 1.807) is 12.1 Å². The Kier molecular flexibility index (Phi) is 9.06. The molecule has 3 amide bonds. The molecule has 0 atom stereocenters. The molecule has 3 N–H and O–H groups in total. The van der Waals surface area contributed by atoms with Gasteiger partial charge < -0.3 is 20.1 Å². The first-order valence-electron chi connectivity index (χ1n) is 10.2. The van der Waals surface area contributed by atoms with Crippen LogP contribution in [0, 0.1) is 11.6 Å². The van der Waals surface area contributed by atoms with Crippen molar-refractivity contribution in [2.24, 2.45) is 5.10 Å². The Hall–Kier alpha value is -4.32. The van der Waals surface area contributed by atoms with Gasteiger partial charge in [0.25, 0.3) is 5.91 Å². The minimum absolute atomic E-state index is 0.0127. The van der Waals surface area contributed by atoms with Gasteiger partial charge in [0.1, 0.15) is 11.6 Å². The highest BCUT2D eigenvalue weighted by atomic mass is 79.9. The molecule has 0 aliphatic rings. The van der Waals surface area contributed by atoms with Crippen LogP contribution in [0.3, 0.4) is 0 Å². The van der Waals surface area contributed by atoms with Crippen LogP contribution in [0.2, 0.25) is 0 Å². The van der Waals surface area contributed by atoms with Gasteiger partial charge in [0.05, 0.1) is 19.0 Å². The number of methoxy groups -OCH3 is 1. The van der Waals surface area contributed by atoms with Gasteiger partial charge in [-0.05, 0) is 66.2 Å². The van der Waals surface area contributed by atoms with E-state index >= 15 is 0 Å². The highest BCUT2D eigenvalue weighted by molar-refractivity contribution is 9.10. The third-order valence-corrected chi connectivity index (χ3v) is 4.93. The van der Waals surface area contributed by atoms with E-state index in [4.69, 9.17) is 9.47 Å². The quantitative estimate of drug-likeness (QED) is 0.220. The van der Waals surface area contributed by atoms with Crippen LogP contribution in [-0.4, -0.2) is 37.7 Å². The zero-order valence-electron chi connectivity index (χ0n) is 18.7. The molecule has 0 aromatic heterocycles. The average molecular weight is 561 g/mol. The van der Waals surface area contributed by atoms with Crippen molar-refractivity contribution < 1.29 is 32.6 Å². The fourth-order valence-corrected chi connectivity index (χ4v) is 3.07. The lowest BCUT2D eigenvalue weighted by Gasteiger charge is -2.12. The monoisotopic (exact) mass is 560 g/mol. The van der Waals surface area contributed by atoms with Crippen LogP contribution in [-0.2, 0) is 14.4 Å². The number of benzene rings is 3. The third-order valence-electron chi connectivity index (χ3n) is 4.44. The Balaban J connectivity index is 1.53. The normalized spacial score (nSPS) is 10.6. The number of hydrogen-bond donors (Lipinski definition) is 3. The molecular formula is C24H19BrF2N4O5. The van der Waals surface area contributed by atoms with Crippen LogP contribution >= 0.6 is 15.9 Å². The fourth-order valence-electron chi connectivity index (χ4n) is 2.74. The first-order chi connectivity index (χ1) is 17.2. The zero-order chi connectivity index (χ0) is 26.1. The molecule has 3 aromatic rings. The van der Waals surface area contributed by atoms with Crippen LogP contribution in [0.5, 0.6) is 11.5 Å². The molecule has 0 saturated heterocycles. The Morgan fingerprint density at radius 3 is 2.39 bits per heavy atom. The number of amides is 3. The molecule has 0 bridgehead atoms. The van der Waals surface area contributed by atoms with Gasteiger partial charge in [0, 0.05) is 10.2 Å². The Labute approximate surface area is 212 Å². The lowest BCUT2D eigenvalue weighted by Crippen LogP contribution is -2.32. The molecule has 0 fully saturated rings. The van der Waals surface area contributed by atoms with E-state index in [-0.39, 0.29) is 22.9 Å². The van der Waals surface area contributed by atoms with E-state index in [0.717, 1.165) is 12.1 Å². The van der Waals surface area contributed by atoms with Crippen molar-refractivity contribution >= 4 is 51.2 Å². The van der Waals surface area contributed by atoms with E-state index < -0.39 is 36.0 Å². The van der Waals surface area contributed by atoms with E-state index in [0.29, 0.717) is 10.0 Å². The molecule has 0 unspecified atom stereocenters. The van der Waals surface area contributed by atoms with Gasteiger partial charge in [-0.3, -0.25) is 14.4 Å². The Bertz CT molecular complexity index is 1300. The number of hydrazone groups is 1.